The van der Waals surface area contributed by atoms with Gasteiger partial charge < -0.3 is 30.1 Å². The average Bonchev–Trinajstić information content (AvgIpc) is 3.35. The van der Waals surface area contributed by atoms with Gasteiger partial charge in [-0.1, -0.05) is 18.2 Å². The highest BCUT2D eigenvalue weighted by Crippen LogP contribution is 2.39. The molecule has 242 valence electrons. The fourth-order valence-corrected chi connectivity index (χ4v) is 7.84. The second kappa shape index (κ2) is 12.9. The van der Waals surface area contributed by atoms with Crippen LogP contribution in [0.2, 0.25) is 0 Å². The SMILES string of the molecule is Cc1c(C(=O)NC2CC3CCC(C2)N3c2ccc(C(=O)N[C@@H](C)c3ccc(N4CCN(C)CC4)cc3)cn2)ccc2c1OCCC2. The molecule has 3 saturated heterocycles. The Balaban J connectivity index is 0.939. The molecule has 2 amide bonds. The molecule has 46 heavy (non-hydrogen) atoms. The zero-order valence-electron chi connectivity index (χ0n) is 27.3. The maximum absolute atomic E-state index is 13.3. The van der Waals surface area contributed by atoms with E-state index < -0.39 is 0 Å². The van der Waals surface area contributed by atoms with E-state index in [4.69, 9.17) is 9.72 Å². The summed E-state index contributed by atoms with van der Waals surface area (Å²) in [6, 6.07) is 17.1. The first-order valence-corrected chi connectivity index (χ1v) is 17.0. The molecular weight excluding hydrogens is 576 g/mol. The Morgan fingerprint density at radius 1 is 0.935 bits per heavy atom. The number of nitrogens with one attached hydrogen (secondary N) is 2. The summed E-state index contributed by atoms with van der Waals surface area (Å²) < 4.78 is 5.91. The van der Waals surface area contributed by atoms with Crippen molar-refractivity contribution in [2.24, 2.45) is 0 Å². The number of ether oxygens (including phenoxy) is 1. The van der Waals surface area contributed by atoms with Crippen LogP contribution in [0.4, 0.5) is 11.5 Å². The van der Waals surface area contributed by atoms with E-state index in [0.717, 1.165) is 87.4 Å². The van der Waals surface area contributed by atoms with Crippen molar-refractivity contribution >= 4 is 23.3 Å². The molecule has 7 rings (SSSR count). The number of fused-ring (bicyclic) bond motifs is 3. The molecule has 3 atom stereocenters. The molecule has 9 heteroatoms. The van der Waals surface area contributed by atoms with E-state index in [2.05, 4.69) is 56.6 Å². The normalized spacial score (nSPS) is 23.3. The number of benzene rings is 2. The number of carbonyl (C=O) groups is 2. The second-order valence-corrected chi connectivity index (χ2v) is 13.6. The predicted molar refractivity (Wildman–Crippen MR) is 181 cm³/mol. The number of likely N-dealkylation sites (N-methyl/N-ethyl adjacent to an activating group) is 1. The monoisotopic (exact) mass is 622 g/mol. The van der Waals surface area contributed by atoms with Crippen molar-refractivity contribution in [3.8, 4) is 5.75 Å². The fourth-order valence-electron chi connectivity index (χ4n) is 7.84. The summed E-state index contributed by atoms with van der Waals surface area (Å²) in [7, 11) is 2.16. The molecule has 0 aliphatic carbocycles. The van der Waals surface area contributed by atoms with Crippen LogP contribution >= 0.6 is 0 Å². The highest BCUT2D eigenvalue weighted by Gasteiger charge is 2.42. The van der Waals surface area contributed by atoms with Gasteiger partial charge in [-0.2, -0.15) is 0 Å². The molecule has 0 radical (unpaired) electrons. The van der Waals surface area contributed by atoms with Crippen LogP contribution in [0.5, 0.6) is 5.75 Å². The summed E-state index contributed by atoms with van der Waals surface area (Å²) >= 11 is 0. The number of hydrogen-bond donors (Lipinski definition) is 2. The molecule has 4 aliphatic heterocycles. The lowest BCUT2D eigenvalue weighted by Gasteiger charge is -2.40. The Morgan fingerprint density at radius 3 is 2.37 bits per heavy atom. The summed E-state index contributed by atoms with van der Waals surface area (Å²) in [6.45, 7) is 8.95. The summed E-state index contributed by atoms with van der Waals surface area (Å²) in [5.74, 6) is 1.66. The second-order valence-electron chi connectivity index (χ2n) is 13.6. The van der Waals surface area contributed by atoms with Gasteiger partial charge in [0.05, 0.1) is 18.2 Å². The van der Waals surface area contributed by atoms with E-state index in [9.17, 15) is 9.59 Å². The fraction of sp³-hybridized carbons (Fsp3) is 0.486. The number of piperazine rings is 1. The maximum atomic E-state index is 13.3. The molecule has 2 aromatic carbocycles. The number of nitrogens with zero attached hydrogens (tertiary/aromatic N) is 4. The first-order valence-electron chi connectivity index (χ1n) is 17.0. The number of rotatable bonds is 7. The minimum absolute atomic E-state index is 0.0129. The number of aromatic nitrogens is 1. The van der Waals surface area contributed by atoms with E-state index in [-0.39, 0.29) is 23.9 Å². The lowest BCUT2D eigenvalue weighted by molar-refractivity contribution is 0.0922. The molecule has 3 fully saturated rings. The van der Waals surface area contributed by atoms with Crippen molar-refractivity contribution in [3.05, 3.63) is 82.5 Å². The van der Waals surface area contributed by atoms with Crippen LogP contribution in [0.3, 0.4) is 0 Å². The van der Waals surface area contributed by atoms with Gasteiger partial charge in [-0.15, -0.1) is 0 Å². The third kappa shape index (κ3) is 6.17. The first-order chi connectivity index (χ1) is 22.3. The van der Waals surface area contributed by atoms with Crippen LogP contribution in [0, 0.1) is 6.92 Å². The summed E-state index contributed by atoms with van der Waals surface area (Å²) in [5, 5.41) is 6.48. The van der Waals surface area contributed by atoms with Crippen molar-refractivity contribution < 1.29 is 14.3 Å². The van der Waals surface area contributed by atoms with Gasteiger partial charge in [0.25, 0.3) is 11.8 Å². The molecule has 0 saturated carbocycles. The van der Waals surface area contributed by atoms with Crippen LogP contribution in [-0.2, 0) is 6.42 Å². The molecule has 2 bridgehead atoms. The van der Waals surface area contributed by atoms with E-state index in [1.165, 1.54) is 11.3 Å². The zero-order valence-corrected chi connectivity index (χ0v) is 27.3. The lowest BCUT2D eigenvalue weighted by atomic mass is 9.95. The number of piperidine rings is 1. The van der Waals surface area contributed by atoms with Gasteiger partial charge in [-0.25, -0.2) is 4.98 Å². The summed E-state index contributed by atoms with van der Waals surface area (Å²) in [5.41, 5.74) is 5.72. The van der Waals surface area contributed by atoms with Gasteiger partial charge in [-0.3, -0.25) is 9.59 Å². The first kappa shape index (κ1) is 30.5. The van der Waals surface area contributed by atoms with Crippen LogP contribution in [-0.4, -0.2) is 79.7 Å². The molecule has 9 nitrogen and oxygen atoms in total. The molecule has 5 heterocycles. The van der Waals surface area contributed by atoms with E-state index >= 15 is 0 Å². The third-order valence-electron chi connectivity index (χ3n) is 10.5. The van der Waals surface area contributed by atoms with E-state index in [0.29, 0.717) is 29.8 Å². The van der Waals surface area contributed by atoms with Crippen molar-refractivity contribution in [1.82, 2.24) is 20.5 Å². The molecule has 1 aromatic heterocycles. The highest BCUT2D eigenvalue weighted by molar-refractivity contribution is 5.97. The third-order valence-corrected chi connectivity index (χ3v) is 10.5. The molecule has 2 unspecified atom stereocenters. The molecule has 4 aliphatic rings. The van der Waals surface area contributed by atoms with Gasteiger partial charge in [0.1, 0.15) is 11.6 Å². The maximum Gasteiger partial charge on any atom is 0.253 e. The quantitative estimate of drug-likeness (QED) is 0.388. The standard InChI is InChI=1S/C37H46N6O3/c1-24-33(14-8-27-5-4-20-46-35(24)27)37(45)40-29-21-31-12-13-32(22-29)43(31)34-15-9-28(23-38-34)36(44)39-25(2)26-6-10-30(11-7-26)42-18-16-41(3)17-19-42/h6-11,14-15,23,25,29,31-32H,4-5,12-13,16-22H2,1-3H3,(H,39,44)(H,40,45)/t25-,29?,31?,32?/m0/s1. The number of pyridine rings is 1. The zero-order chi connectivity index (χ0) is 31.8. The Kier molecular flexibility index (Phi) is 8.60. The number of aryl methyl sites for hydroxylation is 1. The minimum atomic E-state index is -0.123. The number of hydrogen-bond acceptors (Lipinski definition) is 7. The molecular formula is C37H46N6O3. The summed E-state index contributed by atoms with van der Waals surface area (Å²) in [4.78, 5) is 38.4. The van der Waals surface area contributed by atoms with Crippen molar-refractivity contribution in [2.75, 3.05) is 49.6 Å². The van der Waals surface area contributed by atoms with Gasteiger partial charge in [0.2, 0.25) is 0 Å². The number of anilines is 2. The Hall–Kier alpha value is -4.11. The number of carbonyl (C=O) groups excluding carboxylic acids is 2. The largest absolute Gasteiger partial charge is 0.493 e. The van der Waals surface area contributed by atoms with Crippen molar-refractivity contribution in [3.63, 3.8) is 0 Å². The van der Waals surface area contributed by atoms with Crippen molar-refractivity contribution in [2.45, 2.75) is 76.5 Å². The van der Waals surface area contributed by atoms with E-state index in [1.54, 1.807) is 6.20 Å². The molecule has 0 spiro atoms. The Morgan fingerprint density at radius 2 is 1.67 bits per heavy atom. The highest BCUT2D eigenvalue weighted by atomic mass is 16.5. The minimum Gasteiger partial charge on any atom is -0.493 e. The van der Waals surface area contributed by atoms with Crippen LogP contribution in [0.15, 0.2) is 54.7 Å². The van der Waals surface area contributed by atoms with Gasteiger partial charge >= 0.3 is 0 Å². The molecule has 3 aromatic rings. The smallest absolute Gasteiger partial charge is 0.253 e. The van der Waals surface area contributed by atoms with E-state index in [1.807, 2.05) is 38.1 Å². The average molecular weight is 623 g/mol. The van der Waals surface area contributed by atoms with Crippen LogP contribution in [0.25, 0.3) is 0 Å². The van der Waals surface area contributed by atoms with Gasteiger partial charge in [0, 0.05) is 67.3 Å². The van der Waals surface area contributed by atoms with Crippen molar-refractivity contribution in [1.29, 1.82) is 0 Å². The number of amides is 2. The van der Waals surface area contributed by atoms with Crippen LogP contribution < -0.4 is 25.2 Å². The lowest BCUT2D eigenvalue weighted by Crippen LogP contribution is -2.50. The van der Waals surface area contributed by atoms with Gasteiger partial charge in [-0.05, 0) is 101 Å². The topological polar surface area (TPSA) is 90.0 Å². The molecule has 2 N–H and O–H groups in total. The summed E-state index contributed by atoms with van der Waals surface area (Å²) in [6.07, 6.45) is 7.66. The Bertz CT molecular complexity index is 1550. The van der Waals surface area contributed by atoms with Crippen LogP contribution in [0.1, 0.15) is 82.5 Å². The predicted octanol–water partition coefficient (Wildman–Crippen LogP) is 4.89. The van der Waals surface area contributed by atoms with Gasteiger partial charge in [0.15, 0.2) is 0 Å². The Labute approximate surface area is 272 Å².